The molecule has 3 N–H and O–H groups in total. The molecule has 4 heteroatoms. The SMILES string of the molecule is CC(CN)(Cc1ccccc1F)Nc1ccccc1Br. The topological polar surface area (TPSA) is 38.0 Å². The van der Waals surface area contributed by atoms with Gasteiger partial charge in [0.1, 0.15) is 5.82 Å². The van der Waals surface area contributed by atoms with Gasteiger partial charge in [-0.05, 0) is 53.0 Å². The van der Waals surface area contributed by atoms with Crippen molar-refractivity contribution < 1.29 is 4.39 Å². The van der Waals surface area contributed by atoms with Crippen LogP contribution in [0.4, 0.5) is 10.1 Å². The van der Waals surface area contributed by atoms with Crippen molar-refractivity contribution in [1.29, 1.82) is 0 Å². The molecule has 2 rings (SSSR count). The third-order valence-electron chi connectivity index (χ3n) is 3.30. The van der Waals surface area contributed by atoms with Gasteiger partial charge < -0.3 is 11.1 Å². The van der Waals surface area contributed by atoms with E-state index < -0.39 is 5.54 Å². The average molecular weight is 337 g/mol. The fourth-order valence-electron chi connectivity index (χ4n) is 2.12. The van der Waals surface area contributed by atoms with E-state index in [2.05, 4.69) is 21.2 Å². The maximum atomic E-state index is 13.8. The molecule has 1 atom stereocenters. The second-order valence-electron chi connectivity index (χ2n) is 5.14. The third-order valence-corrected chi connectivity index (χ3v) is 3.99. The Bertz CT molecular complexity index is 539. The van der Waals surface area contributed by atoms with Crippen LogP contribution < -0.4 is 11.1 Å². The molecule has 0 amide bonds. The van der Waals surface area contributed by atoms with Crippen LogP contribution in [0.2, 0.25) is 0 Å². The predicted octanol–water partition coefficient (Wildman–Crippen LogP) is 3.96. The third kappa shape index (κ3) is 3.58. The average Bonchev–Trinajstić information content (AvgIpc) is 2.44. The number of rotatable bonds is 5. The summed E-state index contributed by atoms with van der Waals surface area (Å²) in [6, 6.07) is 14.6. The first kappa shape index (κ1) is 15.0. The summed E-state index contributed by atoms with van der Waals surface area (Å²) in [7, 11) is 0. The number of para-hydroxylation sites is 1. The molecule has 0 saturated heterocycles. The highest BCUT2D eigenvalue weighted by atomic mass is 79.9. The maximum Gasteiger partial charge on any atom is 0.126 e. The van der Waals surface area contributed by atoms with E-state index in [1.54, 1.807) is 12.1 Å². The van der Waals surface area contributed by atoms with Crippen LogP contribution in [0.3, 0.4) is 0 Å². The van der Waals surface area contributed by atoms with Crippen molar-refractivity contribution in [3.05, 3.63) is 64.4 Å². The van der Waals surface area contributed by atoms with Gasteiger partial charge in [-0.25, -0.2) is 4.39 Å². The fourth-order valence-corrected chi connectivity index (χ4v) is 2.50. The van der Waals surface area contributed by atoms with Crippen LogP contribution in [0.15, 0.2) is 53.0 Å². The summed E-state index contributed by atoms with van der Waals surface area (Å²) >= 11 is 3.50. The Morgan fingerprint density at radius 1 is 1.15 bits per heavy atom. The van der Waals surface area contributed by atoms with Crippen molar-refractivity contribution in [3.8, 4) is 0 Å². The Morgan fingerprint density at radius 3 is 2.45 bits per heavy atom. The van der Waals surface area contributed by atoms with Crippen LogP contribution in [-0.4, -0.2) is 12.1 Å². The molecule has 0 fully saturated rings. The molecule has 0 heterocycles. The minimum absolute atomic E-state index is 0.193. The van der Waals surface area contributed by atoms with Gasteiger partial charge in [0.25, 0.3) is 0 Å². The van der Waals surface area contributed by atoms with E-state index in [-0.39, 0.29) is 5.82 Å². The highest BCUT2D eigenvalue weighted by molar-refractivity contribution is 9.10. The summed E-state index contributed by atoms with van der Waals surface area (Å²) in [5, 5.41) is 3.41. The van der Waals surface area contributed by atoms with Crippen molar-refractivity contribution in [2.75, 3.05) is 11.9 Å². The first-order valence-corrected chi connectivity index (χ1v) is 7.29. The Balaban J connectivity index is 2.22. The van der Waals surface area contributed by atoms with Gasteiger partial charge in [0, 0.05) is 16.7 Å². The zero-order valence-corrected chi connectivity index (χ0v) is 13.0. The predicted molar refractivity (Wildman–Crippen MR) is 85.3 cm³/mol. The van der Waals surface area contributed by atoms with Crippen molar-refractivity contribution in [1.82, 2.24) is 0 Å². The van der Waals surface area contributed by atoms with Crippen LogP contribution in [0, 0.1) is 5.82 Å². The molecule has 0 radical (unpaired) electrons. The first-order valence-electron chi connectivity index (χ1n) is 6.50. The van der Waals surface area contributed by atoms with Gasteiger partial charge in [0.15, 0.2) is 0 Å². The van der Waals surface area contributed by atoms with Gasteiger partial charge in [-0.3, -0.25) is 0 Å². The molecular formula is C16H18BrFN2. The van der Waals surface area contributed by atoms with Crippen LogP contribution in [-0.2, 0) is 6.42 Å². The van der Waals surface area contributed by atoms with Crippen molar-refractivity contribution in [3.63, 3.8) is 0 Å². The van der Waals surface area contributed by atoms with Gasteiger partial charge in [0.2, 0.25) is 0 Å². The van der Waals surface area contributed by atoms with Crippen molar-refractivity contribution in [2.24, 2.45) is 5.73 Å². The molecule has 2 nitrogen and oxygen atoms in total. The van der Waals surface area contributed by atoms with Gasteiger partial charge in [-0.15, -0.1) is 0 Å². The van der Waals surface area contributed by atoms with E-state index in [1.807, 2.05) is 37.3 Å². The molecular weight excluding hydrogens is 319 g/mol. The van der Waals surface area contributed by atoms with E-state index in [4.69, 9.17) is 5.73 Å². The summed E-state index contributed by atoms with van der Waals surface area (Å²) < 4.78 is 14.8. The summed E-state index contributed by atoms with van der Waals surface area (Å²) in [6.45, 7) is 2.40. The van der Waals surface area contributed by atoms with Gasteiger partial charge >= 0.3 is 0 Å². The number of hydrogen-bond acceptors (Lipinski definition) is 2. The largest absolute Gasteiger partial charge is 0.377 e. The standard InChI is InChI=1S/C16H18BrFN2/c1-16(11-19,10-12-6-2-4-8-14(12)18)20-15-9-5-3-7-13(15)17/h2-9,20H,10-11,19H2,1H3. The molecule has 2 aromatic carbocycles. The number of nitrogens with one attached hydrogen (secondary N) is 1. The lowest BCUT2D eigenvalue weighted by molar-refractivity contribution is 0.501. The second kappa shape index (κ2) is 6.37. The second-order valence-corrected chi connectivity index (χ2v) is 5.99. The summed E-state index contributed by atoms with van der Waals surface area (Å²) in [6.07, 6.45) is 0.525. The zero-order chi connectivity index (χ0) is 14.6. The molecule has 2 aromatic rings. The molecule has 0 bridgehead atoms. The fraction of sp³-hybridized carbons (Fsp3) is 0.250. The summed E-state index contributed by atoms with van der Waals surface area (Å²) in [4.78, 5) is 0. The quantitative estimate of drug-likeness (QED) is 0.867. The van der Waals surface area contributed by atoms with E-state index in [1.165, 1.54) is 6.07 Å². The van der Waals surface area contributed by atoms with Crippen LogP contribution in [0.1, 0.15) is 12.5 Å². The summed E-state index contributed by atoms with van der Waals surface area (Å²) in [5.74, 6) is -0.193. The zero-order valence-electron chi connectivity index (χ0n) is 11.4. The Morgan fingerprint density at radius 2 is 1.80 bits per heavy atom. The number of hydrogen-bond donors (Lipinski definition) is 2. The maximum absolute atomic E-state index is 13.8. The molecule has 0 aliphatic rings. The highest BCUT2D eigenvalue weighted by Crippen LogP contribution is 2.26. The molecule has 0 saturated carbocycles. The lowest BCUT2D eigenvalue weighted by Gasteiger charge is -2.31. The molecule has 0 aliphatic heterocycles. The Kier molecular flexibility index (Phi) is 4.78. The van der Waals surface area contributed by atoms with E-state index in [0.717, 1.165) is 10.2 Å². The van der Waals surface area contributed by atoms with Crippen LogP contribution in [0.5, 0.6) is 0 Å². The van der Waals surface area contributed by atoms with Crippen molar-refractivity contribution in [2.45, 2.75) is 18.9 Å². The lowest BCUT2D eigenvalue weighted by Crippen LogP contribution is -2.44. The van der Waals surface area contributed by atoms with Crippen LogP contribution >= 0.6 is 15.9 Å². The summed E-state index contributed by atoms with van der Waals surface area (Å²) in [5.41, 5.74) is 7.11. The van der Waals surface area contributed by atoms with Crippen LogP contribution in [0.25, 0.3) is 0 Å². The smallest absolute Gasteiger partial charge is 0.126 e. The number of halogens is 2. The van der Waals surface area contributed by atoms with Crippen molar-refractivity contribution >= 4 is 21.6 Å². The number of anilines is 1. The normalized spacial score (nSPS) is 13.8. The van der Waals surface area contributed by atoms with E-state index in [0.29, 0.717) is 18.5 Å². The van der Waals surface area contributed by atoms with Gasteiger partial charge in [-0.2, -0.15) is 0 Å². The van der Waals surface area contributed by atoms with Gasteiger partial charge in [0.05, 0.1) is 5.54 Å². The molecule has 1 unspecified atom stereocenters. The monoisotopic (exact) mass is 336 g/mol. The number of benzene rings is 2. The highest BCUT2D eigenvalue weighted by Gasteiger charge is 2.24. The van der Waals surface area contributed by atoms with E-state index in [9.17, 15) is 4.39 Å². The molecule has 106 valence electrons. The minimum Gasteiger partial charge on any atom is -0.377 e. The number of nitrogens with two attached hydrogens (primary N) is 1. The molecule has 0 aliphatic carbocycles. The van der Waals surface area contributed by atoms with E-state index >= 15 is 0 Å². The molecule has 0 aromatic heterocycles. The van der Waals surface area contributed by atoms with Gasteiger partial charge in [-0.1, -0.05) is 30.3 Å². The molecule has 20 heavy (non-hydrogen) atoms. The first-order chi connectivity index (χ1) is 9.54. The Labute approximate surface area is 127 Å². The minimum atomic E-state index is -0.411. The lowest BCUT2D eigenvalue weighted by atomic mass is 9.92. The molecule has 0 spiro atoms. The Hall–Kier alpha value is -1.39.